The second kappa shape index (κ2) is 3.87. The van der Waals surface area contributed by atoms with Crippen LogP contribution in [-0.2, 0) is 4.79 Å². The van der Waals surface area contributed by atoms with Gasteiger partial charge in [0.1, 0.15) is 5.82 Å². The number of anilines is 1. The molecule has 1 amide bonds. The van der Waals surface area contributed by atoms with Gasteiger partial charge < -0.3 is 10.4 Å². The number of hydrogen-bond donors (Lipinski definition) is 2. The lowest BCUT2D eigenvalue weighted by Crippen LogP contribution is -2.08. The topological polar surface area (TPSA) is 66.4 Å². The summed E-state index contributed by atoms with van der Waals surface area (Å²) in [7, 11) is 0. The number of carboxylic acids is 1. The minimum atomic E-state index is -1.37. The highest BCUT2D eigenvalue weighted by Gasteiger charge is 2.10. The Morgan fingerprint density at radius 3 is 2.57 bits per heavy atom. The predicted octanol–water partition coefficient (Wildman–Crippen LogP) is 1.48. The molecular formula is C9H8FNO3. The number of benzene rings is 1. The molecule has 0 fully saturated rings. The summed E-state index contributed by atoms with van der Waals surface area (Å²) in [6.45, 7) is 1.28. The largest absolute Gasteiger partial charge is 0.478 e. The molecule has 0 aliphatic carbocycles. The molecule has 0 saturated heterocycles. The van der Waals surface area contributed by atoms with E-state index in [1.165, 1.54) is 13.0 Å². The van der Waals surface area contributed by atoms with Crippen LogP contribution in [0.2, 0.25) is 0 Å². The van der Waals surface area contributed by atoms with Gasteiger partial charge in [0.25, 0.3) is 0 Å². The van der Waals surface area contributed by atoms with Crippen LogP contribution in [0.15, 0.2) is 18.2 Å². The molecule has 74 valence electrons. The molecule has 0 heterocycles. The number of hydrogen-bond acceptors (Lipinski definition) is 2. The van der Waals surface area contributed by atoms with Crippen LogP contribution >= 0.6 is 0 Å². The average molecular weight is 197 g/mol. The van der Waals surface area contributed by atoms with Gasteiger partial charge in [-0.3, -0.25) is 4.79 Å². The van der Waals surface area contributed by atoms with Gasteiger partial charge in [-0.1, -0.05) is 0 Å². The zero-order valence-electron chi connectivity index (χ0n) is 7.37. The first-order valence-corrected chi connectivity index (χ1v) is 3.81. The van der Waals surface area contributed by atoms with Crippen molar-refractivity contribution < 1.29 is 19.1 Å². The summed E-state index contributed by atoms with van der Waals surface area (Å²) in [4.78, 5) is 21.1. The summed E-state index contributed by atoms with van der Waals surface area (Å²) < 4.78 is 12.9. The van der Waals surface area contributed by atoms with E-state index >= 15 is 0 Å². The molecule has 0 aromatic heterocycles. The summed E-state index contributed by atoms with van der Waals surface area (Å²) in [5, 5.41) is 10.9. The molecular weight excluding hydrogens is 189 g/mol. The lowest BCUT2D eigenvalue weighted by molar-refractivity contribution is -0.114. The molecule has 4 nitrogen and oxygen atoms in total. The Hall–Kier alpha value is -1.91. The van der Waals surface area contributed by atoms with E-state index in [2.05, 4.69) is 5.32 Å². The van der Waals surface area contributed by atoms with Crippen LogP contribution in [-0.4, -0.2) is 17.0 Å². The minimum Gasteiger partial charge on any atom is -0.478 e. The predicted molar refractivity (Wildman–Crippen MR) is 47.7 cm³/mol. The smallest absolute Gasteiger partial charge is 0.338 e. The maximum absolute atomic E-state index is 12.9. The van der Waals surface area contributed by atoms with E-state index in [0.717, 1.165) is 12.1 Å². The Morgan fingerprint density at radius 2 is 2.07 bits per heavy atom. The van der Waals surface area contributed by atoms with E-state index in [9.17, 15) is 14.0 Å². The Balaban J connectivity index is 3.06. The molecule has 2 N–H and O–H groups in total. The lowest BCUT2D eigenvalue weighted by atomic mass is 10.2. The fourth-order valence-electron chi connectivity index (χ4n) is 0.970. The Kier molecular flexibility index (Phi) is 2.81. The number of carbonyl (C=O) groups excluding carboxylic acids is 1. The normalized spacial score (nSPS) is 9.57. The molecule has 0 saturated carbocycles. The van der Waals surface area contributed by atoms with Crippen LogP contribution < -0.4 is 5.32 Å². The van der Waals surface area contributed by atoms with Crippen molar-refractivity contribution in [1.82, 2.24) is 0 Å². The Bertz CT molecular complexity index is 390. The molecule has 0 unspecified atom stereocenters. The molecule has 0 spiro atoms. The van der Waals surface area contributed by atoms with E-state index in [4.69, 9.17) is 5.11 Å². The van der Waals surface area contributed by atoms with Gasteiger partial charge in [-0.2, -0.15) is 0 Å². The van der Waals surface area contributed by atoms with E-state index in [-0.39, 0.29) is 11.6 Å². The van der Waals surface area contributed by atoms with Gasteiger partial charge in [0, 0.05) is 12.6 Å². The first kappa shape index (κ1) is 10.2. The molecule has 0 aliphatic rings. The van der Waals surface area contributed by atoms with Gasteiger partial charge >= 0.3 is 5.97 Å². The van der Waals surface area contributed by atoms with Gasteiger partial charge in [0.05, 0.1) is 5.56 Å². The fourth-order valence-corrected chi connectivity index (χ4v) is 0.970. The van der Waals surface area contributed by atoms with Crippen molar-refractivity contribution in [3.8, 4) is 0 Å². The fraction of sp³-hybridized carbons (Fsp3) is 0.111. The van der Waals surface area contributed by atoms with Crippen molar-refractivity contribution in [2.45, 2.75) is 6.92 Å². The minimum absolute atomic E-state index is 0.260. The Morgan fingerprint density at radius 1 is 1.43 bits per heavy atom. The maximum Gasteiger partial charge on any atom is 0.338 e. The first-order chi connectivity index (χ1) is 6.50. The summed E-state index contributed by atoms with van der Waals surface area (Å²) in [5.41, 5.74) is -0.201. The average Bonchev–Trinajstić information content (AvgIpc) is 2.07. The van der Waals surface area contributed by atoms with Gasteiger partial charge in [0.15, 0.2) is 0 Å². The van der Waals surface area contributed by atoms with E-state index < -0.39 is 17.3 Å². The molecule has 0 atom stereocenters. The maximum atomic E-state index is 12.9. The Labute approximate surface area is 79.4 Å². The van der Waals surface area contributed by atoms with Crippen LogP contribution in [0.3, 0.4) is 0 Å². The number of rotatable bonds is 2. The molecule has 0 radical (unpaired) electrons. The van der Waals surface area contributed by atoms with Crippen LogP contribution in [0.5, 0.6) is 0 Å². The van der Waals surface area contributed by atoms with E-state index in [0.29, 0.717) is 0 Å². The zero-order valence-corrected chi connectivity index (χ0v) is 7.37. The zero-order chi connectivity index (χ0) is 10.7. The summed E-state index contributed by atoms with van der Waals surface area (Å²) in [6.07, 6.45) is 0. The monoisotopic (exact) mass is 197 g/mol. The highest BCUT2D eigenvalue weighted by atomic mass is 19.1. The number of nitrogens with one attached hydrogen (secondary N) is 1. The van der Waals surface area contributed by atoms with Crippen molar-refractivity contribution in [3.05, 3.63) is 29.6 Å². The van der Waals surface area contributed by atoms with Gasteiger partial charge in [-0.05, 0) is 18.2 Å². The summed E-state index contributed by atoms with van der Waals surface area (Å²) in [6, 6.07) is 3.36. The van der Waals surface area contributed by atoms with Crippen molar-refractivity contribution >= 4 is 17.6 Å². The van der Waals surface area contributed by atoms with Gasteiger partial charge in [-0.15, -0.1) is 0 Å². The molecule has 1 aromatic rings. The number of aromatic carboxylic acids is 1. The van der Waals surface area contributed by atoms with E-state index in [1.54, 1.807) is 0 Å². The molecule has 1 rings (SSSR count). The number of carboxylic acid groups (broad SMARTS) is 1. The third kappa shape index (κ3) is 2.29. The van der Waals surface area contributed by atoms with Crippen molar-refractivity contribution in [2.24, 2.45) is 0 Å². The standard InChI is InChI=1S/C9H8FNO3/c1-5(12)11-6-2-3-8(10)7(4-6)9(13)14/h2-4H,1H3,(H,11,12)(H,13,14). The number of carbonyl (C=O) groups is 2. The van der Waals surface area contributed by atoms with Crippen LogP contribution in [0.1, 0.15) is 17.3 Å². The van der Waals surface area contributed by atoms with Gasteiger partial charge in [0.2, 0.25) is 5.91 Å². The summed E-state index contributed by atoms with van der Waals surface area (Å²) >= 11 is 0. The van der Waals surface area contributed by atoms with Crippen LogP contribution in [0.4, 0.5) is 10.1 Å². The third-order valence-electron chi connectivity index (χ3n) is 1.52. The van der Waals surface area contributed by atoms with E-state index in [1.807, 2.05) is 0 Å². The second-order valence-electron chi connectivity index (χ2n) is 2.68. The van der Waals surface area contributed by atoms with Crippen molar-refractivity contribution in [2.75, 3.05) is 5.32 Å². The van der Waals surface area contributed by atoms with Crippen LogP contribution in [0.25, 0.3) is 0 Å². The highest BCUT2D eigenvalue weighted by molar-refractivity contribution is 5.93. The third-order valence-corrected chi connectivity index (χ3v) is 1.52. The lowest BCUT2D eigenvalue weighted by Gasteiger charge is -2.03. The summed E-state index contributed by atoms with van der Waals surface area (Å²) in [5.74, 6) is -2.53. The quantitative estimate of drug-likeness (QED) is 0.754. The first-order valence-electron chi connectivity index (χ1n) is 3.81. The van der Waals surface area contributed by atoms with Gasteiger partial charge in [-0.25, -0.2) is 9.18 Å². The number of halogens is 1. The van der Waals surface area contributed by atoms with Crippen LogP contribution in [0, 0.1) is 5.82 Å². The molecule has 14 heavy (non-hydrogen) atoms. The number of amides is 1. The molecule has 0 bridgehead atoms. The van der Waals surface area contributed by atoms with Crippen molar-refractivity contribution in [3.63, 3.8) is 0 Å². The van der Waals surface area contributed by atoms with Crippen molar-refractivity contribution in [1.29, 1.82) is 0 Å². The molecule has 0 aliphatic heterocycles. The molecule has 5 heteroatoms. The highest BCUT2D eigenvalue weighted by Crippen LogP contribution is 2.14. The molecule has 1 aromatic carbocycles. The SMILES string of the molecule is CC(=O)Nc1ccc(F)c(C(=O)O)c1. The second-order valence-corrected chi connectivity index (χ2v) is 2.68.